The molecule has 20 heavy (non-hydrogen) atoms. The van der Waals surface area contributed by atoms with Gasteiger partial charge in [0.05, 0.1) is 6.61 Å². The first-order valence-corrected chi connectivity index (χ1v) is 6.75. The molecule has 0 bridgehead atoms. The third-order valence-electron chi connectivity index (χ3n) is 2.77. The van der Waals surface area contributed by atoms with Gasteiger partial charge in [0.25, 0.3) is 0 Å². The summed E-state index contributed by atoms with van der Waals surface area (Å²) in [6.45, 7) is 5.03. The average Bonchev–Trinajstić information content (AvgIpc) is 2.41. The van der Waals surface area contributed by atoms with Crippen molar-refractivity contribution in [1.29, 1.82) is 0 Å². The van der Waals surface area contributed by atoms with Crippen molar-refractivity contribution in [1.82, 2.24) is 9.97 Å². The van der Waals surface area contributed by atoms with Gasteiger partial charge in [0, 0.05) is 11.8 Å². The summed E-state index contributed by atoms with van der Waals surface area (Å²) < 4.78 is 5.41. The fourth-order valence-electron chi connectivity index (χ4n) is 1.90. The van der Waals surface area contributed by atoms with E-state index >= 15 is 0 Å². The first-order chi connectivity index (χ1) is 9.71. The Balaban J connectivity index is 2.12. The van der Waals surface area contributed by atoms with Crippen LogP contribution in [-0.4, -0.2) is 23.1 Å². The molecule has 0 radical (unpaired) electrons. The van der Waals surface area contributed by atoms with Gasteiger partial charge in [-0.05, 0) is 44.5 Å². The van der Waals surface area contributed by atoms with E-state index in [-0.39, 0.29) is 0 Å². The van der Waals surface area contributed by atoms with Crippen LogP contribution in [-0.2, 0) is 6.42 Å². The summed E-state index contributed by atoms with van der Waals surface area (Å²) in [5.74, 6) is 1.99. The molecule has 1 heterocycles. The lowest BCUT2D eigenvalue weighted by molar-refractivity contribution is 0.325. The molecule has 1 aromatic carbocycles. The van der Waals surface area contributed by atoms with Crippen molar-refractivity contribution in [3.8, 4) is 5.88 Å². The number of rotatable bonds is 6. The highest BCUT2D eigenvalue weighted by Crippen LogP contribution is 2.19. The summed E-state index contributed by atoms with van der Waals surface area (Å²) >= 11 is 0. The number of aryl methyl sites for hydroxylation is 1. The Hall–Kier alpha value is -2.14. The third kappa shape index (κ3) is 3.93. The quantitative estimate of drug-likeness (QED) is 0.845. The van der Waals surface area contributed by atoms with E-state index in [9.17, 15) is 0 Å². The van der Waals surface area contributed by atoms with Crippen molar-refractivity contribution in [2.45, 2.75) is 20.3 Å². The van der Waals surface area contributed by atoms with Crippen molar-refractivity contribution in [3.63, 3.8) is 0 Å². The van der Waals surface area contributed by atoms with Crippen LogP contribution < -0.4 is 15.8 Å². The number of nitrogens with one attached hydrogen (secondary N) is 1. The van der Waals surface area contributed by atoms with Crippen LogP contribution in [0.1, 0.15) is 18.3 Å². The monoisotopic (exact) mass is 272 g/mol. The lowest BCUT2D eigenvalue weighted by atomic mass is 10.1. The van der Waals surface area contributed by atoms with Crippen LogP contribution in [0.3, 0.4) is 0 Å². The highest BCUT2D eigenvalue weighted by atomic mass is 16.5. The lowest BCUT2D eigenvalue weighted by Crippen LogP contribution is -2.03. The van der Waals surface area contributed by atoms with Crippen molar-refractivity contribution >= 4 is 11.5 Å². The van der Waals surface area contributed by atoms with Gasteiger partial charge in [0.15, 0.2) is 0 Å². The van der Waals surface area contributed by atoms with Crippen LogP contribution >= 0.6 is 0 Å². The van der Waals surface area contributed by atoms with Crippen LogP contribution in [0.2, 0.25) is 0 Å². The third-order valence-corrected chi connectivity index (χ3v) is 2.77. The number of hydrogen-bond acceptors (Lipinski definition) is 5. The molecule has 5 heteroatoms. The van der Waals surface area contributed by atoms with Gasteiger partial charge in [0.1, 0.15) is 11.6 Å². The van der Waals surface area contributed by atoms with Crippen molar-refractivity contribution in [2.24, 2.45) is 5.73 Å². The van der Waals surface area contributed by atoms with Crippen molar-refractivity contribution in [2.75, 3.05) is 18.5 Å². The molecular weight excluding hydrogens is 252 g/mol. The standard InChI is InChI=1S/C15H20N4O/c1-3-20-15-10-14(17-11(2)18-15)19-13-6-4-12(5-7-13)8-9-16/h4-7,10H,3,8-9,16H2,1-2H3,(H,17,18,19). The zero-order valence-electron chi connectivity index (χ0n) is 11.9. The molecule has 0 unspecified atom stereocenters. The second-order valence-corrected chi connectivity index (χ2v) is 4.43. The first-order valence-electron chi connectivity index (χ1n) is 6.75. The minimum Gasteiger partial charge on any atom is -0.478 e. The topological polar surface area (TPSA) is 73.1 Å². The van der Waals surface area contributed by atoms with E-state index in [0.29, 0.717) is 24.9 Å². The Morgan fingerprint density at radius 1 is 1.20 bits per heavy atom. The van der Waals surface area contributed by atoms with E-state index in [1.165, 1.54) is 5.56 Å². The van der Waals surface area contributed by atoms with E-state index in [0.717, 1.165) is 17.9 Å². The summed E-state index contributed by atoms with van der Waals surface area (Å²) in [4.78, 5) is 8.56. The molecule has 2 aromatic rings. The van der Waals surface area contributed by atoms with Gasteiger partial charge >= 0.3 is 0 Å². The van der Waals surface area contributed by atoms with Crippen LogP contribution in [0.5, 0.6) is 5.88 Å². The number of aromatic nitrogens is 2. The van der Waals surface area contributed by atoms with E-state index < -0.39 is 0 Å². The summed E-state index contributed by atoms with van der Waals surface area (Å²) in [5, 5.41) is 3.25. The van der Waals surface area contributed by atoms with Crippen LogP contribution in [0, 0.1) is 6.92 Å². The SMILES string of the molecule is CCOc1cc(Nc2ccc(CCN)cc2)nc(C)n1. The second kappa shape index (κ2) is 6.86. The second-order valence-electron chi connectivity index (χ2n) is 4.43. The molecule has 0 saturated carbocycles. The minimum atomic E-state index is 0.585. The molecule has 106 valence electrons. The molecule has 0 amide bonds. The van der Waals surface area contributed by atoms with E-state index in [2.05, 4.69) is 27.4 Å². The van der Waals surface area contributed by atoms with Crippen molar-refractivity contribution in [3.05, 3.63) is 41.7 Å². The average molecular weight is 272 g/mol. The molecule has 3 N–H and O–H groups in total. The Kier molecular flexibility index (Phi) is 4.90. The smallest absolute Gasteiger partial charge is 0.218 e. The maximum atomic E-state index is 5.54. The highest BCUT2D eigenvalue weighted by molar-refractivity contribution is 5.57. The first kappa shape index (κ1) is 14.3. The van der Waals surface area contributed by atoms with E-state index in [4.69, 9.17) is 10.5 Å². The molecule has 0 fully saturated rings. The molecule has 1 aromatic heterocycles. The van der Waals surface area contributed by atoms with Gasteiger partial charge < -0.3 is 15.8 Å². The number of ether oxygens (including phenoxy) is 1. The Morgan fingerprint density at radius 2 is 1.95 bits per heavy atom. The summed E-state index contributed by atoms with van der Waals surface area (Å²) in [5.41, 5.74) is 7.74. The van der Waals surface area contributed by atoms with Crippen LogP contribution in [0.25, 0.3) is 0 Å². The van der Waals surface area contributed by atoms with Crippen LogP contribution in [0.4, 0.5) is 11.5 Å². The van der Waals surface area contributed by atoms with Gasteiger partial charge in [-0.25, -0.2) is 4.98 Å². The number of hydrogen-bond donors (Lipinski definition) is 2. The van der Waals surface area contributed by atoms with Gasteiger partial charge in [-0.1, -0.05) is 12.1 Å². The Labute approximate surface area is 119 Å². The number of nitrogens with zero attached hydrogens (tertiary/aromatic N) is 2. The predicted molar refractivity (Wildman–Crippen MR) is 80.4 cm³/mol. The van der Waals surface area contributed by atoms with E-state index in [1.54, 1.807) is 6.07 Å². The highest BCUT2D eigenvalue weighted by Gasteiger charge is 2.03. The maximum Gasteiger partial charge on any atom is 0.218 e. The maximum absolute atomic E-state index is 5.54. The lowest BCUT2D eigenvalue weighted by Gasteiger charge is -2.09. The fourth-order valence-corrected chi connectivity index (χ4v) is 1.90. The largest absolute Gasteiger partial charge is 0.478 e. The molecule has 0 aliphatic heterocycles. The van der Waals surface area contributed by atoms with Gasteiger partial charge in [-0.3, -0.25) is 0 Å². The predicted octanol–water partition coefficient (Wildman–Crippen LogP) is 2.43. The van der Waals surface area contributed by atoms with Gasteiger partial charge in [-0.15, -0.1) is 0 Å². The molecule has 5 nitrogen and oxygen atoms in total. The summed E-state index contributed by atoms with van der Waals surface area (Å²) in [6, 6.07) is 9.95. The minimum absolute atomic E-state index is 0.585. The Bertz CT molecular complexity index is 554. The molecular formula is C15H20N4O. The van der Waals surface area contributed by atoms with Gasteiger partial charge in [-0.2, -0.15) is 4.98 Å². The zero-order chi connectivity index (χ0) is 14.4. The number of benzene rings is 1. The van der Waals surface area contributed by atoms with Crippen LogP contribution in [0.15, 0.2) is 30.3 Å². The molecule has 0 spiro atoms. The van der Waals surface area contributed by atoms with Crippen molar-refractivity contribution < 1.29 is 4.74 Å². The molecule has 2 rings (SSSR count). The molecule has 0 aliphatic rings. The Morgan fingerprint density at radius 3 is 2.60 bits per heavy atom. The molecule has 0 aliphatic carbocycles. The number of anilines is 2. The van der Waals surface area contributed by atoms with E-state index in [1.807, 2.05) is 26.0 Å². The molecule has 0 atom stereocenters. The molecule has 0 saturated heterocycles. The van der Waals surface area contributed by atoms with Gasteiger partial charge in [0.2, 0.25) is 5.88 Å². The summed E-state index contributed by atoms with van der Waals surface area (Å²) in [7, 11) is 0. The number of nitrogens with two attached hydrogens (primary N) is 1. The zero-order valence-corrected chi connectivity index (χ0v) is 11.9. The fraction of sp³-hybridized carbons (Fsp3) is 0.333. The normalized spacial score (nSPS) is 10.3. The summed E-state index contributed by atoms with van der Waals surface area (Å²) in [6.07, 6.45) is 0.890.